The maximum absolute atomic E-state index is 12.8. The van der Waals surface area contributed by atoms with Gasteiger partial charge in [0.25, 0.3) is 0 Å². The fourth-order valence-electron chi connectivity index (χ4n) is 0.894. The van der Waals surface area contributed by atoms with Crippen LogP contribution in [0.25, 0.3) is 0 Å². The number of nitrogens with zero attached hydrogens (tertiary/aromatic N) is 2. The first-order chi connectivity index (χ1) is 6.54. The average molecular weight is 203 g/mol. The Labute approximate surface area is 78.4 Å². The highest BCUT2D eigenvalue weighted by Crippen LogP contribution is 2.01. The number of nitrogens with two attached hydrogens (primary N) is 1. The van der Waals surface area contributed by atoms with Gasteiger partial charge >= 0.3 is 5.69 Å². The topological polar surface area (TPSA) is 101 Å². The predicted octanol–water partition coefficient (Wildman–Crippen LogP) is -1.68. The maximum Gasteiger partial charge on any atom is 0.349 e. The molecular weight excluding hydrogens is 193 g/mol. The van der Waals surface area contributed by atoms with Gasteiger partial charge in [-0.3, -0.25) is 4.57 Å². The van der Waals surface area contributed by atoms with Crippen LogP contribution in [0.15, 0.2) is 11.0 Å². The Balaban J connectivity index is 2.98. The molecule has 4 N–H and O–H groups in total. The van der Waals surface area contributed by atoms with Crippen LogP contribution in [-0.2, 0) is 6.54 Å². The normalized spacial score (nSPS) is 12.8. The molecule has 14 heavy (non-hydrogen) atoms. The van der Waals surface area contributed by atoms with Crippen LogP contribution in [0, 0.1) is 5.82 Å². The third kappa shape index (κ3) is 2.27. The smallest absolute Gasteiger partial charge is 0.349 e. The van der Waals surface area contributed by atoms with Gasteiger partial charge in [0.1, 0.15) is 0 Å². The number of hydrogen-bond acceptors (Lipinski definition) is 5. The lowest BCUT2D eigenvalue weighted by atomic mass is 10.4. The Morgan fingerprint density at radius 2 is 2.36 bits per heavy atom. The first-order valence-corrected chi connectivity index (χ1v) is 3.86. The molecule has 78 valence electrons. The van der Waals surface area contributed by atoms with E-state index >= 15 is 0 Å². The Hall–Kier alpha value is -1.47. The maximum atomic E-state index is 12.8. The summed E-state index contributed by atoms with van der Waals surface area (Å²) in [5.41, 5.74) is 4.27. The lowest BCUT2D eigenvalue weighted by Gasteiger charge is -2.09. The minimum atomic E-state index is -1.13. The molecule has 0 aliphatic carbocycles. The summed E-state index contributed by atoms with van der Waals surface area (Å²) in [6.45, 7) is -0.738. The molecule has 0 saturated carbocycles. The molecule has 1 atom stereocenters. The number of anilines is 1. The van der Waals surface area contributed by atoms with E-state index in [0.717, 1.165) is 10.8 Å². The Kier molecular flexibility index (Phi) is 3.15. The highest BCUT2D eigenvalue weighted by atomic mass is 19.1. The van der Waals surface area contributed by atoms with E-state index in [1.54, 1.807) is 0 Å². The standard InChI is InChI=1S/C7H10FN3O3/c8-5-2-11(1-4(13)3-12)7(14)10-6(5)9/h2,4,12-13H,1,3H2,(H2,9,10,14)/t4-/m1/s1. The minimum Gasteiger partial charge on any atom is -0.394 e. The summed E-state index contributed by atoms with van der Waals surface area (Å²) in [4.78, 5) is 14.2. The number of nitrogen functional groups attached to an aromatic ring is 1. The van der Waals surface area contributed by atoms with Crippen molar-refractivity contribution in [2.75, 3.05) is 12.3 Å². The summed E-state index contributed by atoms with van der Waals surface area (Å²) in [6.07, 6.45) is -0.290. The fraction of sp³-hybridized carbons (Fsp3) is 0.429. The summed E-state index contributed by atoms with van der Waals surface area (Å²) in [6, 6.07) is 0. The highest BCUT2D eigenvalue weighted by Gasteiger charge is 2.08. The van der Waals surface area contributed by atoms with E-state index in [9.17, 15) is 9.18 Å². The van der Waals surface area contributed by atoms with Gasteiger partial charge in [-0.25, -0.2) is 9.18 Å². The van der Waals surface area contributed by atoms with Crippen LogP contribution in [0.2, 0.25) is 0 Å². The summed E-state index contributed by atoms with van der Waals surface area (Å²) >= 11 is 0. The lowest BCUT2D eigenvalue weighted by molar-refractivity contribution is 0.0798. The zero-order valence-corrected chi connectivity index (χ0v) is 7.22. The lowest BCUT2D eigenvalue weighted by Crippen LogP contribution is -2.30. The van der Waals surface area contributed by atoms with E-state index in [-0.39, 0.29) is 6.54 Å². The second-order valence-electron chi connectivity index (χ2n) is 2.75. The zero-order chi connectivity index (χ0) is 10.7. The molecule has 0 aliphatic rings. The predicted molar refractivity (Wildman–Crippen MR) is 46.0 cm³/mol. The van der Waals surface area contributed by atoms with Crippen LogP contribution < -0.4 is 11.4 Å². The molecule has 6 nitrogen and oxygen atoms in total. The van der Waals surface area contributed by atoms with Crippen LogP contribution in [0.3, 0.4) is 0 Å². The molecule has 0 saturated heterocycles. The molecule has 1 heterocycles. The van der Waals surface area contributed by atoms with Gasteiger partial charge < -0.3 is 15.9 Å². The third-order valence-electron chi connectivity index (χ3n) is 1.59. The molecule has 7 heteroatoms. The quantitative estimate of drug-likeness (QED) is 0.544. The van der Waals surface area contributed by atoms with Gasteiger partial charge in [0.2, 0.25) is 0 Å². The van der Waals surface area contributed by atoms with Gasteiger partial charge in [0.05, 0.1) is 19.3 Å². The van der Waals surface area contributed by atoms with Crippen molar-refractivity contribution in [3.63, 3.8) is 0 Å². The van der Waals surface area contributed by atoms with Crippen LogP contribution in [-0.4, -0.2) is 32.5 Å². The van der Waals surface area contributed by atoms with Gasteiger partial charge in [0.15, 0.2) is 11.6 Å². The number of hydrogen-bond donors (Lipinski definition) is 3. The van der Waals surface area contributed by atoms with Crippen molar-refractivity contribution >= 4 is 5.82 Å². The largest absolute Gasteiger partial charge is 0.394 e. The molecule has 0 amide bonds. The second kappa shape index (κ2) is 4.16. The fourth-order valence-corrected chi connectivity index (χ4v) is 0.894. The number of aliphatic hydroxyl groups is 2. The molecule has 0 spiro atoms. The van der Waals surface area contributed by atoms with Gasteiger partial charge in [0, 0.05) is 6.20 Å². The molecule has 0 radical (unpaired) electrons. The first kappa shape index (κ1) is 10.6. The third-order valence-corrected chi connectivity index (χ3v) is 1.59. The van der Waals surface area contributed by atoms with Crippen LogP contribution in [0.5, 0.6) is 0 Å². The summed E-state index contributed by atoms with van der Waals surface area (Å²) in [5, 5.41) is 17.5. The number of rotatable bonds is 3. The summed E-state index contributed by atoms with van der Waals surface area (Å²) in [7, 11) is 0. The van der Waals surface area contributed by atoms with Crippen molar-refractivity contribution in [1.29, 1.82) is 0 Å². The van der Waals surface area contributed by atoms with Crippen LogP contribution >= 0.6 is 0 Å². The number of aromatic nitrogens is 2. The molecule has 1 aromatic rings. The molecule has 0 unspecified atom stereocenters. The van der Waals surface area contributed by atoms with Gasteiger partial charge in [-0.1, -0.05) is 0 Å². The van der Waals surface area contributed by atoms with Crippen molar-refractivity contribution in [1.82, 2.24) is 9.55 Å². The summed E-state index contributed by atoms with van der Waals surface area (Å²) < 4.78 is 13.7. The van der Waals surface area contributed by atoms with E-state index < -0.39 is 30.0 Å². The molecule has 0 aromatic carbocycles. The van der Waals surface area contributed by atoms with E-state index in [0.29, 0.717) is 0 Å². The molecule has 0 aliphatic heterocycles. The highest BCUT2D eigenvalue weighted by molar-refractivity contribution is 5.26. The summed E-state index contributed by atoms with van der Waals surface area (Å²) in [5.74, 6) is -1.32. The van der Waals surface area contributed by atoms with Crippen molar-refractivity contribution in [3.8, 4) is 0 Å². The second-order valence-corrected chi connectivity index (χ2v) is 2.75. The van der Waals surface area contributed by atoms with E-state index in [1.807, 2.05) is 0 Å². The molecule has 0 bridgehead atoms. The monoisotopic (exact) mass is 203 g/mol. The minimum absolute atomic E-state index is 0.223. The van der Waals surface area contributed by atoms with E-state index in [1.165, 1.54) is 0 Å². The van der Waals surface area contributed by atoms with Crippen molar-refractivity contribution in [2.24, 2.45) is 0 Å². The van der Waals surface area contributed by atoms with Gasteiger partial charge in [-0.2, -0.15) is 4.98 Å². The average Bonchev–Trinajstić information content (AvgIpc) is 2.14. The molecule has 0 fully saturated rings. The van der Waals surface area contributed by atoms with E-state index in [4.69, 9.17) is 15.9 Å². The first-order valence-electron chi connectivity index (χ1n) is 3.86. The number of aliphatic hydroxyl groups excluding tert-OH is 2. The van der Waals surface area contributed by atoms with Gasteiger partial charge in [-0.15, -0.1) is 0 Å². The SMILES string of the molecule is Nc1nc(=O)n(C[C@@H](O)CO)cc1F. The number of halogens is 1. The van der Waals surface area contributed by atoms with Crippen molar-refractivity contribution in [2.45, 2.75) is 12.6 Å². The Morgan fingerprint density at radius 3 is 2.93 bits per heavy atom. The Morgan fingerprint density at radius 1 is 1.71 bits per heavy atom. The van der Waals surface area contributed by atoms with Gasteiger partial charge in [-0.05, 0) is 0 Å². The Bertz CT molecular complexity index is 379. The van der Waals surface area contributed by atoms with E-state index in [2.05, 4.69) is 4.98 Å². The molecular formula is C7H10FN3O3. The van der Waals surface area contributed by atoms with Crippen molar-refractivity contribution < 1.29 is 14.6 Å². The van der Waals surface area contributed by atoms with Crippen LogP contribution in [0.1, 0.15) is 0 Å². The molecule has 1 aromatic heterocycles. The van der Waals surface area contributed by atoms with Crippen LogP contribution in [0.4, 0.5) is 10.2 Å². The molecule has 1 rings (SSSR count). The van der Waals surface area contributed by atoms with Crippen molar-refractivity contribution in [3.05, 3.63) is 22.5 Å². The zero-order valence-electron chi connectivity index (χ0n) is 7.22.